The Labute approximate surface area is 135 Å². The highest BCUT2D eigenvalue weighted by atomic mass is 16.7. The number of fused-ring (bicyclic) bond motifs is 1. The molecule has 2 atom stereocenters. The minimum Gasteiger partial charge on any atom is -0.454 e. The maximum Gasteiger partial charge on any atom is 0.322 e. The molecule has 0 aromatic heterocycles. The zero-order valence-corrected chi connectivity index (χ0v) is 13.3. The summed E-state index contributed by atoms with van der Waals surface area (Å²) in [4.78, 5) is 14.7. The average molecular weight is 318 g/mol. The second-order valence-corrected chi connectivity index (χ2v) is 6.40. The van der Waals surface area contributed by atoms with Crippen LogP contribution in [0.2, 0.25) is 0 Å². The Morgan fingerprint density at radius 1 is 1.22 bits per heavy atom. The third-order valence-corrected chi connectivity index (χ3v) is 4.92. The van der Waals surface area contributed by atoms with Crippen LogP contribution >= 0.6 is 0 Å². The van der Waals surface area contributed by atoms with E-state index in [4.69, 9.17) is 14.2 Å². The number of ether oxygens (including phenoxy) is 3. The van der Waals surface area contributed by atoms with Crippen molar-refractivity contribution < 1.29 is 19.0 Å². The van der Waals surface area contributed by atoms with Gasteiger partial charge < -0.3 is 24.4 Å². The van der Waals surface area contributed by atoms with Crippen molar-refractivity contribution in [3.05, 3.63) is 17.7 Å². The number of anilines is 1. The first-order chi connectivity index (χ1) is 11.2. The number of nitrogens with zero attached hydrogens (tertiary/aromatic N) is 1. The first-order valence-electron chi connectivity index (χ1n) is 8.32. The summed E-state index contributed by atoms with van der Waals surface area (Å²) in [6.07, 6.45) is 4.41. The number of hydrogen-bond acceptors (Lipinski definition) is 4. The van der Waals surface area contributed by atoms with E-state index in [-0.39, 0.29) is 25.0 Å². The molecule has 0 radical (unpaired) electrons. The smallest absolute Gasteiger partial charge is 0.322 e. The SMILES string of the molecule is Cc1cc2c(cc1NC(=O)N1CCC[C@@H]1[C@H]1CCCO1)OCO2. The molecule has 2 fully saturated rings. The molecule has 1 aromatic rings. The standard InChI is InChI=1S/C17H22N2O4/c1-11-8-15-16(23-10-22-15)9-12(11)18-17(20)19-6-2-4-13(19)14-5-3-7-21-14/h8-9,13-14H,2-7,10H2,1H3,(H,18,20)/t13-,14-/m1/s1. The third-order valence-electron chi connectivity index (χ3n) is 4.92. The van der Waals surface area contributed by atoms with Crippen LogP contribution in [0.3, 0.4) is 0 Å². The first-order valence-corrected chi connectivity index (χ1v) is 8.32. The highest BCUT2D eigenvalue weighted by Gasteiger charge is 2.37. The highest BCUT2D eigenvalue weighted by molar-refractivity contribution is 5.91. The topological polar surface area (TPSA) is 60.0 Å². The van der Waals surface area contributed by atoms with Crippen LogP contribution in [0.5, 0.6) is 11.5 Å². The molecule has 3 aliphatic heterocycles. The highest BCUT2D eigenvalue weighted by Crippen LogP contribution is 2.37. The maximum absolute atomic E-state index is 12.7. The lowest BCUT2D eigenvalue weighted by Gasteiger charge is -2.29. The van der Waals surface area contributed by atoms with Gasteiger partial charge in [-0.05, 0) is 44.2 Å². The number of aryl methyl sites for hydroxylation is 1. The Morgan fingerprint density at radius 2 is 2.04 bits per heavy atom. The first kappa shape index (κ1) is 14.6. The van der Waals surface area contributed by atoms with Crippen LogP contribution in [0.25, 0.3) is 0 Å². The van der Waals surface area contributed by atoms with E-state index in [9.17, 15) is 4.79 Å². The van der Waals surface area contributed by atoms with E-state index in [1.54, 1.807) is 0 Å². The molecule has 0 aliphatic carbocycles. The molecule has 1 N–H and O–H groups in total. The molecular formula is C17H22N2O4. The van der Waals surface area contributed by atoms with Crippen molar-refractivity contribution >= 4 is 11.7 Å². The van der Waals surface area contributed by atoms with Gasteiger partial charge in [-0.2, -0.15) is 0 Å². The van der Waals surface area contributed by atoms with Crippen LogP contribution in [0.15, 0.2) is 12.1 Å². The summed E-state index contributed by atoms with van der Waals surface area (Å²) >= 11 is 0. The minimum atomic E-state index is -0.0510. The molecule has 3 heterocycles. The zero-order valence-electron chi connectivity index (χ0n) is 13.3. The van der Waals surface area contributed by atoms with E-state index < -0.39 is 0 Å². The van der Waals surface area contributed by atoms with Crippen molar-refractivity contribution in [3.63, 3.8) is 0 Å². The minimum absolute atomic E-state index is 0.0510. The molecule has 6 nitrogen and oxygen atoms in total. The summed E-state index contributed by atoms with van der Waals surface area (Å²) in [7, 11) is 0. The number of likely N-dealkylation sites (tertiary alicyclic amines) is 1. The van der Waals surface area contributed by atoms with Crippen LogP contribution in [-0.2, 0) is 4.74 Å². The van der Waals surface area contributed by atoms with Crippen LogP contribution in [0, 0.1) is 6.92 Å². The summed E-state index contributed by atoms with van der Waals surface area (Å²) in [6.45, 7) is 3.80. The Kier molecular flexibility index (Phi) is 3.77. The van der Waals surface area contributed by atoms with Crippen molar-refractivity contribution in [1.82, 2.24) is 4.90 Å². The average Bonchev–Trinajstić information content (AvgIpc) is 3.27. The van der Waals surface area contributed by atoms with Gasteiger partial charge in [0, 0.05) is 24.9 Å². The van der Waals surface area contributed by atoms with Gasteiger partial charge in [-0.25, -0.2) is 4.79 Å². The number of amides is 2. The number of carbonyl (C=O) groups is 1. The fraction of sp³-hybridized carbons (Fsp3) is 0.588. The molecular weight excluding hydrogens is 296 g/mol. The van der Waals surface area contributed by atoms with Crippen molar-refractivity contribution in [1.29, 1.82) is 0 Å². The van der Waals surface area contributed by atoms with Crippen molar-refractivity contribution in [3.8, 4) is 11.5 Å². The van der Waals surface area contributed by atoms with Gasteiger partial charge in [0.2, 0.25) is 6.79 Å². The van der Waals surface area contributed by atoms with Gasteiger partial charge in [0.25, 0.3) is 0 Å². The molecule has 124 valence electrons. The van der Waals surface area contributed by atoms with Gasteiger partial charge in [-0.1, -0.05) is 0 Å². The van der Waals surface area contributed by atoms with E-state index in [0.717, 1.165) is 55.8 Å². The predicted octanol–water partition coefficient (Wildman–Crippen LogP) is 2.90. The molecule has 6 heteroatoms. The van der Waals surface area contributed by atoms with Gasteiger partial charge >= 0.3 is 6.03 Å². The molecule has 2 amide bonds. The van der Waals surface area contributed by atoms with Crippen LogP contribution in [0.4, 0.5) is 10.5 Å². The second kappa shape index (κ2) is 5.92. The molecule has 23 heavy (non-hydrogen) atoms. The van der Waals surface area contributed by atoms with Gasteiger partial charge in [-0.3, -0.25) is 0 Å². The summed E-state index contributed by atoms with van der Waals surface area (Å²) < 4.78 is 16.6. The van der Waals surface area contributed by atoms with E-state index in [2.05, 4.69) is 5.32 Å². The lowest BCUT2D eigenvalue weighted by molar-refractivity contribution is 0.0543. The van der Waals surface area contributed by atoms with E-state index in [1.165, 1.54) is 0 Å². The van der Waals surface area contributed by atoms with Crippen LogP contribution < -0.4 is 14.8 Å². The molecule has 4 rings (SSSR count). The summed E-state index contributed by atoms with van der Waals surface area (Å²) in [5.74, 6) is 1.42. The number of nitrogens with one attached hydrogen (secondary N) is 1. The lowest BCUT2D eigenvalue weighted by Crippen LogP contribution is -2.44. The number of hydrogen-bond donors (Lipinski definition) is 1. The maximum atomic E-state index is 12.7. The lowest BCUT2D eigenvalue weighted by atomic mass is 10.1. The monoisotopic (exact) mass is 318 g/mol. The summed E-state index contributed by atoms with van der Waals surface area (Å²) in [5, 5.41) is 3.03. The van der Waals surface area contributed by atoms with Gasteiger partial charge in [-0.15, -0.1) is 0 Å². The molecule has 2 saturated heterocycles. The van der Waals surface area contributed by atoms with Crippen molar-refractivity contribution in [2.45, 2.75) is 44.8 Å². The van der Waals surface area contributed by atoms with Crippen molar-refractivity contribution in [2.75, 3.05) is 25.3 Å². The number of benzene rings is 1. The third kappa shape index (κ3) is 2.72. The normalized spacial score (nSPS) is 25.9. The van der Waals surface area contributed by atoms with Gasteiger partial charge in [0.1, 0.15) is 0 Å². The molecule has 0 bridgehead atoms. The molecule has 0 saturated carbocycles. The number of urea groups is 1. The Hall–Kier alpha value is -1.95. The van der Waals surface area contributed by atoms with Gasteiger partial charge in [0.15, 0.2) is 11.5 Å². The van der Waals surface area contributed by atoms with E-state index in [1.807, 2.05) is 24.0 Å². The van der Waals surface area contributed by atoms with Crippen LogP contribution in [0.1, 0.15) is 31.2 Å². The van der Waals surface area contributed by atoms with E-state index >= 15 is 0 Å². The quantitative estimate of drug-likeness (QED) is 0.911. The molecule has 0 unspecified atom stereocenters. The fourth-order valence-electron chi connectivity index (χ4n) is 3.70. The molecule has 3 aliphatic rings. The summed E-state index contributed by atoms with van der Waals surface area (Å²) in [6, 6.07) is 3.89. The van der Waals surface area contributed by atoms with E-state index in [0.29, 0.717) is 5.75 Å². The second-order valence-electron chi connectivity index (χ2n) is 6.40. The van der Waals surface area contributed by atoms with Crippen molar-refractivity contribution in [2.24, 2.45) is 0 Å². The zero-order chi connectivity index (χ0) is 15.8. The fourth-order valence-corrected chi connectivity index (χ4v) is 3.70. The number of carbonyl (C=O) groups excluding carboxylic acids is 1. The number of rotatable bonds is 2. The largest absolute Gasteiger partial charge is 0.454 e. The molecule has 0 spiro atoms. The Morgan fingerprint density at radius 3 is 2.83 bits per heavy atom. The Balaban J connectivity index is 1.49. The molecule has 1 aromatic carbocycles. The van der Waals surface area contributed by atoms with Gasteiger partial charge in [0.05, 0.1) is 12.1 Å². The summed E-state index contributed by atoms with van der Waals surface area (Å²) in [5.41, 5.74) is 1.74. The predicted molar refractivity (Wildman–Crippen MR) is 85.0 cm³/mol. The Bertz CT molecular complexity index is 613. The van der Waals surface area contributed by atoms with Crippen LogP contribution in [-0.4, -0.2) is 43.0 Å².